The van der Waals surface area contributed by atoms with Crippen molar-refractivity contribution in [3.63, 3.8) is 0 Å². The van der Waals surface area contributed by atoms with E-state index in [1.807, 2.05) is 19.9 Å². The van der Waals surface area contributed by atoms with E-state index in [1.165, 1.54) is 0 Å². The zero-order valence-corrected chi connectivity index (χ0v) is 14.2. The molecule has 0 aliphatic heterocycles. The molecular weight excluding hydrogens is 325 g/mol. The molecule has 0 aliphatic rings. The lowest BCUT2D eigenvalue weighted by Gasteiger charge is -2.22. The van der Waals surface area contributed by atoms with Gasteiger partial charge >= 0.3 is 6.03 Å². The highest BCUT2D eigenvalue weighted by molar-refractivity contribution is 6.35. The Morgan fingerprint density at radius 2 is 2.00 bits per heavy atom. The molecule has 0 aliphatic carbocycles. The van der Waals surface area contributed by atoms with Crippen LogP contribution in [0.4, 0.5) is 4.79 Å². The Balaban J connectivity index is 2.57. The van der Waals surface area contributed by atoms with Crippen LogP contribution in [0.2, 0.25) is 10.0 Å². The zero-order valence-electron chi connectivity index (χ0n) is 12.7. The Kier molecular flexibility index (Phi) is 7.48. The van der Waals surface area contributed by atoms with Gasteiger partial charge in [-0.05, 0) is 30.0 Å². The fourth-order valence-electron chi connectivity index (χ4n) is 2.01. The summed E-state index contributed by atoms with van der Waals surface area (Å²) in [6.07, 6.45) is 1.33. The van der Waals surface area contributed by atoms with Gasteiger partial charge in [-0.1, -0.05) is 49.5 Å². The number of carbonyl (C=O) groups excluding carboxylic acids is 2. The first-order valence-corrected chi connectivity index (χ1v) is 7.88. The summed E-state index contributed by atoms with van der Waals surface area (Å²) in [5, 5.41) is 6.41. The van der Waals surface area contributed by atoms with Crippen molar-refractivity contribution in [2.24, 2.45) is 11.7 Å². The van der Waals surface area contributed by atoms with Gasteiger partial charge in [0.15, 0.2) is 0 Å². The number of carbonyl (C=O) groups is 2. The second-order valence-corrected chi connectivity index (χ2v) is 5.99. The van der Waals surface area contributed by atoms with E-state index in [0.717, 1.165) is 12.0 Å². The highest BCUT2D eigenvalue weighted by atomic mass is 35.5. The van der Waals surface area contributed by atoms with E-state index in [1.54, 1.807) is 12.1 Å². The van der Waals surface area contributed by atoms with Gasteiger partial charge in [0.1, 0.15) is 6.04 Å². The minimum atomic E-state index is -0.707. The standard InChI is InChI=1S/C15H21Cl2N3O2/c1-3-9(2)13(20-15(18)22)14(21)19-7-6-10-4-5-11(16)8-12(10)17/h4-5,8-9,13H,3,6-7H2,1-2H3,(H,19,21)(H3,18,20,22)/t9-,13+/m0/s1. The molecule has 0 saturated carbocycles. The first-order valence-electron chi connectivity index (χ1n) is 7.12. The summed E-state index contributed by atoms with van der Waals surface area (Å²) < 4.78 is 0. The van der Waals surface area contributed by atoms with E-state index in [-0.39, 0.29) is 11.8 Å². The van der Waals surface area contributed by atoms with Crippen LogP contribution in [-0.4, -0.2) is 24.5 Å². The molecule has 1 rings (SSSR count). The lowest BCUT2D eigenvalue weighted by atomic mass is 9.98. The lowest BCUT2D eigenvalue weighted by Crippen LogP contribution is -2.52. The van der Waals surface area contributed by atoms with Gasteiger partial charge in [0.25, 0.3) is 0 Å². The molecule has 1 aromatic carbocycles. The molecule has 122 valence electrons. The van der Waals surface area contributed by atoms with E-state index >= 15 is 0 Å². The molecule has 0 spiro atoms. The van der Waals surface area contributed by atoms with Crippen LogP contribution in [0.1, 0.15) is 25.8 Å². The Morgan fingerprint density at radius 3 is 2.55 bits per heavy atom. The van der Waals surface area contributed by atoms with Crippen molar-refractivity contribution in [2.45, 2.75) is 32.7 Å². The third-order valence-electron chi connectivity index (χ3n) is 3.50. The van der Waals surface area contributed by atoms with Crippen LogP contribution in [0.3, 0.4) is 0 Å². The molecule has 2 atom stereocenters. The second kappa shape index (κ2) is 8.86. The van der Waals surface area contributed by atoms with Crippen molar-refractivity contribution in [1.29, 1.82) is 0 Å². The molecule has 0 fully saturated rings. The number of hydrogen-bond acceptors (Lipinski definition) is 2. The van der Waals surface area contributed by atoms with E-state index in [2.05, 4.69) is 10.6 Å². The summed E-state index contributed by atoms with van der Waals surface area (Å²) in [7, 11) is 0. The summed E-state index contributed by atoms with van der Waals surface area (Å²) in [5.41, 5.74) is 6.01. The van der Waals surface area contributed by atoms with E-state index in [4.69, 9.17) is 28.9 Å². The number of halogens is 2. The quantitative estimate of drug-likeness (QED) is 0.709. The van der Waals surface area contributed by atoms with Gasteiger partial charge in [-0.3, -0.25) is 4.79 Å². The molecule has 4 N–H and O–H groups in total. The van der Waals surface area contributed by atoms with Crippen LogP contribution in [0.5, 0.6) is 0 Å². The average Bonchev–Trinajstić information content (AvgIpc) is 2.45. The number of urea groups is 1. The van der Waals surface area contributed by atoms with Gasteiger partial charge < -0.3 is 16.4 Å². The Morgan fingerprint density at radius 1 is 1.32 bits per heavy atom. The van der Waals surface area contributed by atoms with E-state index in [0.29, 0.717) is 23.0 Å². The van der Waals surface area contributed by atoms with Crippen LogP contribution >= 0.6 is 23.2 Å². The maximum absolute atomic E-state index is 12.2. The van der Waals surface area contributed by atoms with Gasteiger partial charge in [0, 0.05) is 16.6 Å². The number of rotatable bonds is 7. The zero-order chi connectivity index (χ0) is 16.7. The van der Waals surface area contributed by atoms with Crippen LogP contribution < -0.4 is 16.4 Å². The predicted molar refractivity (Wildman–Crippen MR) is 89.1 cm³/mol. The number of primary amides is 1. The normalized spacial score (nSPS) is 13.3. The third-order valence-corrected chi connectivity index (χ3v) is 4.09. The van der Waals surface area contributed by atoms with Crippen molar-refractivity contribution < 1.29 is 9.59 Å². The highest BCUT2D eigenvalue weighted by Crippen LogP contribution is 2.21. The fourth-order valence-corrected chi connectivity index (χ4v) is 2.51. The molecule has 5 nitrogen and oxygen atoms in total. The van der Waals surface area contributed by atoms with Gasteiger partial charge in [0.2, 0.25) is 5.91 Å². The topological polar surface area (TPSA) is 84.2 Å². The van der Waals surface area contributed by atoms with Gasteiger partial charge in [-0.25, -0.2) is 4.79 Å². The van der Waals surface area contributed by atoms with Crippen LogP contribution in [0, 0.1) is 5.92 Å². The second-order valence-electron chi connectivity index (χ2n) is 5.15. The molecular formula is C15H21Cl2N3O2. The molecule has 0 radical (unpaired) electrons. The molecule has 0 unspecified atom stereocenters. The maximum Gasteiger partial charge on any atom is 0.312 e. The van der Waals surface area contributed by atoms with Gasteiger partial charge in [-0.15, -0.1) is 0 Å². The lowest BCUT2D eigenvalue weighted by molar-refractivity contribution is -0.124. The van der Waals surface area contributed by atoms with Crippen molar-refractivity contribution in [3.8, 4) is 0 Å². The minimum absolute atomic E-state index is 0.00776. The number of nitrogens with two attached hydrogens (primary N) is 1. The summed E-state index contributed by atoms with van der Waals surface area (Å²) in [6.45, 7) is 4.24. The molecule has 0 bridgehead atoms. The first-order chi connectivity index (χ1) is 10.3. The Hall–Kier alpha value is -1.46. The number of amides is 3. The monoisotopic (exact) mass is 345 g/mol. The van der Waals surface area contributed by atoms with Gasteiger partial charge in [0.05, 0.1) is 0 Å². The summed E-state index contributed by atoms with van der Waals surface area (Å²) >= 11 is 11.9. The van der Waals surface area contributed by atoms with Crippen molar-refractivity contribution in [3.05, 3.63) is 33.8 Å². The maximum atomic E-state index is 12.2. The molecule has 7 heteroatoms. The number of benzene rings is 1. The summed E-state index contributed by atoms with van der Waals surface area (Å²) in [5.74, 6) is -0.259. The molecule has 3 amide bonds. The van der Waals surface area contributed by atoms with Crippen LogP contribution in [-0.2, 0) is 11.2 Å². The number of hydrogen-bond donors (Lipinski definition) is 3. The molecule has 22 heavy (non-hydrogen) atoms. The average molecular weight is 346 g/mol. The van der Waals surface area contributed by atoms with Crippen LogP contribution in [0.15, 0.2) is 18.2 Å². The van der Waals surface area contributed by atoms with Gasteiger partial charge in [-0.2, -0.15) is 0 Å². The van der Waals surface area contributed by atoms with E-state index in [9.17, 15) is 9.59 Å². The molecule has 0 saturated heterocycles. The highest BCUT2D eigenvalue weighted by Gasteiger charge is 2.24. The smallest absolute Gasteiger partial charge is 0.312 e. The largest absolute Gasteiger partial charge is 0.354 e. The summed E-state index contributed by atoms with van der Waals surface area (Å²) in [4.78, 5) is 23.2. The predicted octanol–water partition coefficient (Wildman–Crippen LogP) is 2.74. The third kappa shape index (κ3) is 5.73. The minimum Gasteiger partial charge on any atom is -0.354 e. The Bertz CT molecular complexity index is 538. The molecule has 0 heterocycles. The number of nitrogens with one attached hydrogen (secondary N) is 2. The first kappa shape index (κ1) is 18.6. The van der Waals surface area contributed by atoms with Crippen molar-refractivity contribution in [1.82, 2.24) is 10.6 Å². The van der Waals surface area contributed by atoms with Crippen molar-refractivity contribution in [2.75, 3.05) is 6.54 Å². The summed E-state index contributed by atoms with van der Waals surface area (Å²) in [6, 6.07) is 3.90. The Labute approximate surface area is 140 Å². The van der Waals surface area contributed by atoms with E-state index < -0.39 is 12.1 Å². The SMILES string of the molecule is CC[C@H](C)[C@@H](NC(N)=O)C(=O)NCCc1ccc(Cl)cc1Cl. The molecule has 0 aromatic heterocycles. The van der Waals surface area contributed by atoms with Crippen molar-refractivity contribution >= 4 is 35.1 Å². The molecule has 1 aromatic rings. The fraction of sp³-hybridized carbons (Fsp3) is 0.467. The van der Waals surface area contributed by atoms with Crippen LogP contribution in [0.25, 0.3) is 0 Å².